The highest BCUT2D eigenvalue weighted by atomic mass is 28.4. The minimum Gasteiger partial charge on any atom is -0.497 e. The molecule has 0 N–H and O–H groups in total. The summed E-state index contributed by atoms with van der Waals surface area (Å²) < 4.78 is 78.5. The Labute approximate surface area is 351 Å². The van der Waals surface area contributed by atoms with Gasteiger partial charge in [-0.2, -0.15) is 0 Å². The van der Waals surface area contributed by atoms with Gasteiger partial charge in [-0.05, 0) is 69.1 Å². The van der Waals surface area contributed by atoms with Gasteiger partial charge in [0.25, 0.3) is 0 Å². The van der Waals surface area contributed by atoms with Crippen molar-refractivity contribution >= 4 is 8.32 Å². The maximum atomic E-state index is 6.82. The lowest BCUT2D eigenvalue weighted by Gasteiger charge is -2.49. The van der Waals surface area contributed by atoms with E-state index >= 15 is 0 Å². The van der Waals surface area contributed by atoms with Crippen molar-refractivity contribution in [1.82, 2.24) is 0 Å². The zero-order chi connectivity index (χ0) is 42.0. The van der Waals surface area contributed by atoms with Gasteiger partial charge in [-0.15, -0.1) is 0 Å². The van der Waals surface area contributed by atoms with Gasteiger partial charge in [0.15, 0.2) is 32.5 Å². The summed E-state index contributed by atoms with van der Waals surface area (Å²) in [7, 11) is -0.443. The number of hydrogen-bond donors (Lipinski definition) is 0. The third kappa shape index (κ3) is 10.8. The second-order valence-electron chi connectivity index (χ2n) is 18.3. The molecule has 7 rings (SSSR count). The Morgan fingerprint density at radius 3 is 1.80 bits per heavy atom. The molecule has 59 heavy (non-hydrogen) atoms. The van der Waals surface area contributed by atoms with Crippen molar-refractivity contribution in [1.29, 1.82) is 0 Å². The van der Waals surface area contributed by atoms with Gasteiger partial charge < -0.3 is 56.5 Å². The summed E-state index contributed by atoms with van der Waals surface area (Å²) in [6.07, 6.45) is -5.83. The Morgan fingerprint density at radius 1 is 0.644 bits per heavy atom. The maximum Gasteiger partial charge on any atom is 0.192 e. The van der Waals surface area contributed by atoms with Crippen molar-refractivity contribution in [3.63, 3.8) is 0 Å². The van der Waals surface area contributed by atoms with Gasteiger partial charge in [0.2, 0.25) is 0 Å². The second kappa shape index (κ2) is 18.3. The van der Waals surface area contributed by atoms with Crippen molar-refractivity contribution in [3.05, 3.63) is 102 Å². The molecule has 4 aliphatic heterocycles. The third-order valence-electron chi connectivity index (χ3n) is 11.8. The Morgan fingerprint density at radius 2 is 1.20 bits per heavy atom. The Balaban J connectivity index is 1.14. The van der Waals surface area contributed by atoms with Crippen LogP contribution in [0, 0.1) is 0 Å². The van der Waals surface area contributed by atoms with Crippen molar-refractivity contribution in [2.75, 3.05) is 26.9 Å². The summed E-state index contributed by atoms with van der Waals surface area (Å²) in [6.45, 7) is 20.1. The first-order chi connectivity index (χ1) is 28.0. The lowest BCUT2D eigenvalue weighted by atomic mass is 9.97. The summed E-state index contributed by atoms with van der Waals surface area (Å²) in [6, 6.07) is 27.7. The Hall–Kier alpha value is -2.76. The van der Waals surface area contributed by atoms with Gasteiger partial charge >= 0.3 is 0 Å². The summed E-state index contributed by atoms with van der Waals surface area (Å²) >= 11 is 0. The number of methoxy groups -OCH3 is 1. The highest BCUT2D eigenvalue weighted by molar-refractivity contribution is 6.74. The fourth-order valence-corrected chi connectivity index (χ4v) is 8.76. The van der Waals surface area contributed by atoms with E-state index in [1.807, 2.05) is 113 Å². The number of benzene rings is 3. The molecule has 0 aromatic heterocycles. The largest absolute Gasteiger partial charge is 0.497 e. The summed E-state index contributed by atoms with van der Waals surface area (Å²) in [5.41, 5.74) is 2.87. The smallest absolute Gasteiger partial charge is 0.192 e. The summed E-state index contributed by atoms with van der Waals surface area (Å²) in [5, 5.41) is 0.0351. The molecule has 12 nitrogen and oxygen atoms in total. The van der Waals surface area contributed by atoms with Crippen molar-refractivity contribution < 1.29 is 56.5 Å². The van der Waals surface area contributed by atoms with Gasteiger partial charge in [-0.3, -0.25) is 0 Å². The zero-order valence-electron chi connectivity index (χ0n) is 36.3. The van der Waals surface area contributed by atoms with E-state index in [2.05, 4.69) is 33.9 Å². The van der Waals surface area contributed by atoms with E-state index in [-0.39, 0.29) is 31.0 Å². The van der Waals surface area contributed by atoms with Gasteiger partial charge in [0.05, 0.1) is 40.1 Å². The average molecular weight is 837 g/mol. The second-order valence-corrected chi connectivity index (χ2v) is 23.1. The Kier molecular flexibility index (Phi) is 13.7. The molecule has 0 amide bonds. The van der Waals surface area contributed by atoms with Crippen LogP contribution >= 0.6 is 0 Å². The van der Waals surface area contributed by atoms with Crippen LogP contribution in [0.1, 0.15) is 71.4 Å². The van der Waals surface area contributed by atoms with E-state index in [0.29, 0.717) is 13.2 Å². The average Bonchev–Trinajstić information content (AvgIpc) is 3.70. The van der Waals surface area contributed by atoms with E-state index in [4.69, 9.17) is 56.5 Å². The molecule has 3 aromatic rings. The van der Waals surface area contributed by atoms with Crippen LogP contribution in [0.4, 0.5) is 0 Å². The fraction of sp³-hybridized carbons (Fsp3) is 0.609. The van der Waals surface area contributed by atoms with Gasteiger partial charge in [0.1, 0.15) is 54.6 Å². The van der Waals surface area contributed by atoms with E-state index in [1.54, 1.807) is 7.11 Å². The monoisotopic (exact) mass is 836 g/mol. The molecule has 10 atom stereocenters. The van der Waals surface area contributed by atoms with E-state index in [1.165, 1.54) is 0 Å². The SMILES string of the molecule is COc1ccc(CO[C@@H]2[C@H](OC[C@H]3OC(C)(C)O[C@H]3[C@@H]3OC(C)(C)O[C@@H]3CO[Si](C)(C)C(C)(C)C)O[C@@H]3COC(c4ccccc4)O[C@H]3[C@@H]2OCc2ccccc2)cc1. The van der Waals surface area contributed by atoms with Gasteiger partial charge in [-0.25, -0.2) is 0 Å². The molecule has 3 aromatic carbocycles. The van der Waals surface area contributed by atoms with Crippen LogP contribution in [0.5, 0.6) is 5.75 Å². The first kappa shape index (κ1) is 44.3. The van der Waals surface area contributed by atoms with Crippen LogP contribution in [0.15, 0.2) is 84.9 Å². The molecule has 4 aliphatic rings. The number of hydrogen-bond acceptors (Lipinski definition) is 12. The molecule has 4 saturated heterocycles. The predicted octanol–water partition coefficient (Wildman–Crippen LogP) is 8.08. The summed E-state index contributed by atoms with van der Waals surface area (Å²) in [5.74, 6) is -1.01. The van der Waals surface area contributed by atoms with Crippen LogP contribution in [0.25, 0.3) is 0 Å². The number of ether oxygens (including phenoxy) is 11. The van der Waals surface area contributed by atoms with Crippen LogP contribution < -0.4 is 4.74 Å². The van der Waals surface area contributed by atoms with Crippen LogP contribution in [-0.2, 0) is 65.0 Å². The van der Waals surface area contributed by atoms with Crippen molar-refractivity contribution in [3.8, 4) is 5.75 Å². The van der Waals surface area contributed by atoms with Gasteiger partial charge in [-0.1, -0.05) is 93.6 Å². The lowest BCUT2D eigenvalue weighted by Crippen LogP contribution is -2.64. The molecular weight excluding hydrogens is 773 g/mol. The fourth-order valence-electron chi connectivity index (χ4n) is 7.74. The van der Waals surface area contributed by atoms with Gasteiger partial charge in [0, 0.05) is 5.56 Å². The third-order valence-corrected chi connectivity index (χ3v) is 16.3. The molecule has 0 aliphatic carbocycles. The summed E-state index contributed by atoms with van der Waals surface area (Å²) in [4.78, 5) is 0. The molecule has 0 spiro atoms. The molecule has 0 saturated carbocycles. The predicted molar refractivity (Wildman–Crippen MR) is 222 cm³/mol. The molecule has 0 bridgehead atoms. The normalized spacial score (nSPS) is 31.8. The highest BCUT2D eigenvalue weighted by Gasteiger charge is 2.56. The van der Waals surface area contributed by atoms with Crippen LogP contribution in [0.3, 0.4) is 0 Å². The standard InChI is InChI=1S/C46H64O12Si/c1-44(2,3)59(9,10)52-29-36-39(58-46(6,7)56-36)38-35(55-45(4,5)57-38)28-51-43-41(49-26-31-21-23-33(47-8)24-22-31)40(48-25-30-17-13-11-14-18-30)37-34(53-43)27-50-42(54-37)32-19-15-12-16-20-32/h11-24,34-43H,25-29H2,1-10H3/t34-,35-,36-,37-,38-,39-,40+,41+,42?,43-/m1/s1. The Bertz CT molecular complexity index is 1770. The molecule has 4 heterocycles. The van der Waals surface area contributed by atoms with Crippen LogP contribution in [0.2, 0.25) is 18.1 Å². The topological polar surface area (TPSA) is 111 Å². The molecule has 1 unspecified atom stereocenters. The van der Waals surface area contributed by atoms with Crippen molar-refractivity contribution in [2.45, 2.75) is 153 Å². The molecule has 324 valence electrons. The quantitative estimate of drug-likeness (QED) is 0.138. The van der Waals surface area contributed by atoms with E-state index in [9.17, 15) is 0 Å². The maximum absolute atomic E-state index is 6.82. The molecule has 13 heteroatoms. The minimum atomic E-state index is -2.09. The van der Waals surface area contributed by atoms with E-state index < -0.39 is 75.2 Å². The first-order valence-corrected chi connectivity index (χ1v) is 23.8. The zero-order valence-corrected chi connectivity index (χ0v) is 37.3. The number of rotatable bonds is 15. The molecular formula is C46H64O12Si. The van der Waals surface area contributed by atoms with Crippen LogP contribution in [-0.4, -0.2) is 102 Å². The molecule has 0 radical (unpaired) electrons. The van der Waals surface area contributed by atoms with Crippen molar-refractivity contribution in [2.24, 2.45) is 0 Å². The van der Waals surface area contributed by atoms with E-state index in [0.717, 1.165) is 22.4 Å². The minimum absolute atomic E-state index is 0.0351. The number of fused-ring (bicyclic) bond motifs is 1. The molecule has 4 fully saturated rings. The first-order valence-electron chi connectivity index (χ1n) is 20.9. The highest BCUT2D eigenvalue weighted by Crippen LogP contribution is 2.42. The lowest BCUT2D eigenvalue weighted by molar-refractivity contribution is -0.374.